The molecule has 0 bridgehead atoms. The van der Waals surface area contributed by atoms with Gasteiger partial charge in [0.1, 0.15) is 11.6 Å². The van der Waals surface area contributed by atoms with Crippen LogP contribution in [-0.2, 0) is 19.2 Å². The number of hydrogen-bond donors (Lipinski definition) is 3. The van der Waals surface area contributed by atoms with Gasteiger partial charge in [-0.15, -0.1) is 0 Å². The maximum Gasteiger partial charge on any atom is 0.312 e. The number of likely N-dealkylation sites (N-methyl/N-ethyl adjacent to an activating group) is 1. The van der Waals surface area contributed by atoms with Crippen LogP contribution < -0.4 is 16.4 Å². The Morgan fingerprint density at radius 3 is 2.42 bits per heavy atom. The number of urea groups is 1. The van der Waals surface area contributed by atoms with Crippen molar-refractivity contribution >= 4 is 29.7 Å². The van der Waals surface area contributed by atoms with E-state index in [0.29, 0.717) is 57.4 Å². The minimum atomic E-state index is -0.776. The summed E-state index contributed by atoms with van der Waals surface area (Å²) in [6.07, 6.45) is 5.58. The smallest absolute Gasteiger partial charge is 0.312 e. The maximum atomic E-state index is 13.5. The topological polar surface area (TPSA) is 182 Å². The van der Waals surface area contributed by atoms with E-state index in [1.165, 1.54) is 9.71 Å². The highest BCUT2D eigenvalue weighted by Gasteiger charge is 2.49. The summed E-state index contributed by atoms with van der Waals surface area (Å²) in [6, 6.07) is -1.34. The molecule has 222 valence electrons. The van der Waals surface area contributed by atoms with Crippen molar-refractivity contribution in [3.8, 4) is 0 Å². The average Bonchev–Trinajstić information content (AvgIpc) is 3.50. The summed E-state index contributed by atoms with van der Waals surface area (Å²) in [5, 5.41) is 18.1. The van der Waals surface area contributed by atoms with Gasteiger partial charge in [0.05, 0.1) is 11.7 Å². The Bertz CT molecular complexity index is 1040. The molecule has 2 rings (SSSR count). The highest BCUT2D eigenvalue weighted by Crippen LogP contribution is 2.38. The third kappa shape index (κ3) is 8.39. The van der Waals surface area contributed by atoms with Crippen molar-refractivity contribution in [2.45, 2.75) is 90.6 Å². The number of azo groups is 1. The molecule has 14 nitrogen and oxygen atoms in total. The molecule has 40 heavy (non-hydrogen) atoms. The highest BCUT2D eigenvalue weighted by atomic mass is 16.2. The first-order valence-corrected chi connectivity index (χ1v) is 14.0. The molecular weight excluding hydrogens is 518 g/mol. The Morgan fingerprint density at radius 2 is 1.82 bits per heavy atom. The van der Waals surface area contributed by atoms with Gasteiger partial charge in [-0.3, -0.25) is 24.1 Å². The summed E-state index contributed by atoms with van der Waals surface area (Å²) in [5.41, 5.74) is 4.87. The number of hydrogen-bond acceptors (Lipinski definition) is 7. The Labute approximate surface area is 235 Å². The van der Waals surface area contributed by atoms with Crippen LogP contribution in [0.1, 0.15) is 79.1 Å². The predicted octanol–water partition coefficient (Wildman–Crippen LogP) is 2.21. The predicted molar refractivity (Wildman–Crippen MR) is 145 cm³/mol. The molecule has 0 radical (unpaired) electrons. The fourth-order valence-electron chi connectivity index (χ4n) is 5.13. The van der Waals surface area contributed by atoms with Gasteiger partial charge >= 0.3 is 6.03 Å². The van der Waals surface area contributed by atoms with Crippen molar-refractivity contribution in [1.82, 2.24) is 20.4 Å². The Kier molecular flexibility index (Phi) is 12.3. The van der Waals surface area contributed by atoms with Crippen LogP contribution in [0.5, 0.6) is 0 Å². The lowest BCUT2D eigenvalue weighted by molar-refractivity contribution is -0.537. The SMILES string of the molecule is CCC(C1=C[N+](=NCCCNC(N)=O)N=N1)(C(C)C)N(C)C(=O)C(C)NC(=O)CCCCCN1C(=O)CCC1=O. The second kappa shape index (κ2) is 15.2. The van der Waals surface area contributed by atoms with Crippen molar-refractivity contribution < 1.29 is 28.8 Å². The van der Waals surface area contributed by atoms with E-state index in [9.17, 15) is 24.0 Å². The number of nitrogens with two attached hydrogens (primary N) is 1. The van der Waals surface area contributed by atoms with Crippen LogP contribution in [0.25, 0.3) is 0 Å². The number of carbonyl (C=O) groups excluding carboxylic acids is 5. The van der Waals surface area contributed by atoms with Gasteiger partial charge in [-0.1, -0.05) is 32.3 Å². The monoisotopic (exact) mass is 562 g/mol. The molecule has 6 amide bonds. The molecule has 0 aromatic carbocycles. The number of carbonyl (C=O) groups is 5. The standard InChI is InChI=1S/C26H43N9O5/c1-6-26(18(2)3,20-17-35(32-31-20)29-15-10-14-28-25(27)40)33(5)24(39)19(4)30-21(36)11-8-7-9-16-34-22(37)12-13-23(34)38/h17-19H,6-16H2,1-5H3,(H3-,27,28,30,36,40)/p+1. The van der Waals surface area contributed by atoms with Crippen LogP contribution in [0.2, 0.25) is 0 Å². The van der Waals surface area contributed by atoms with E-state index in [-0.39, 0.29) is 48.8 Å². The molecule has 2 atom stereocenters. The fourth-order valence-corrected chi connectivity index (χ4v) is 5.13. The number of rotatable bonds is 16. The number of nitrogens with zero attached hydrogens (tertiary/aromatic N) is 6. The van der Waals surface area contributed by atoms with E-state index in [0.717, 1.165) is 0 Å². The quantitative estimate of drug-likeness (QED) is 0.148. The average molecular weight is 563 g/mol. The van der Waals surface area contributed by atoms with Gasteiger partial charge in [0, 0.05) is 39.4 Å². The zero-order chi connectivity index (χ0) is 29.9. The van der Waals surface area contributed by atoms with E-state index in [1.54, 1.807) is 25.1 Å². The van der Waals surface area contributed by atoms with Crippen molar-refractivity contribution in [2.75, 3.05) is 26.7 Å². The summed E-state index contributed by atoms with van der Waals surface area (Å²) in [7, 11) is 1.71. The summed E-state index contributed by atoms with van der Waals surface area (Å²) in [6.45, 7) is 8.83. The first-order valence-electron chi connectivity index (χ1n) is 14.0. The lowest BCUT2D eigenvalue weighted by Crippen LogP contribution is -2.58. The molecule has 2 heterocycles. The largest absolute Gasteiger partial charge is 0.352 e. The Morgan fingerprint density at radius 1 is 1.15 bits per heavy atom. The van der Waals surface area contributed by atoms with E-state index in [4.69, 9.17) is 5.73 Å². The fraction of sp³-hybridized carbons (Fsp3) is 0.731. The molecule has 2 aliphatic rings. The lowest BCUT2D eigenvalue weighted by Gasteiger charge is -2.42. The number of primary amides is 1. The number of amides is 6. The summed E-state index contributed by atoms with van der Waals surface area (Å²) >= 11 is 0. The number of likely N-dealkylation sites (tertiary alicyclic amines) is 1. The first kappa shape index (κ1) is 32.5. The van der Waals surface area contributed by atoms with Crippen molar-refractivity contribution in [2.24, 2.45) is 27.1 Å². The maximum absolute atomic E-state index is 13.5. The summed E-state index contributed by atoms with van der Waals surface area (Å²) in [5.74, 6) is -0.761. The zero-order valence-electron chi connectivity index (χ0n) is 24.3. The van der Waals surface area contributed by atoms with E-state index < -0.39 is 17.6 Å². The van der Waals surface area contributed by atoms with Crippen LogP contribution in [0.3, 0.4) is 0 Å². The molecule has 0 spiro atoms. The van der Waals surface area contributed by atoms with Gasteiger partial charge in [-0.25, -0.2) is 4.79 Å². The van der Waals surface area contributed by atoms with Crippen LogP contribution in [0.4, 0.5) is 4.79 Å². The van der Waals surface area contributed by atoms with Crippen LogP contribution in [0.15, 0.2) is 27.3 Å². The van der Waals surface area contributed by atoms with Gasteiger partial charge < -0.3 is 21.3 Å². The van der Waals surface area contributed by atoms with E-state index in [1.807, 2.05) is 20.8 Å². The molecule has 2 aliphatic heterocycles. The van der Waals surface area contributed by atoms with Gasteiger partial charge in [-0.2, -0.15) is 0 Å². The molecule has 1 fully saturated rings. The molecule has 0 aromatic rings. The lowest BCUT2D eigenvalue weighted by atomic mass is 9.79. The Hall–Kier alpha value is -3.71. The highest BCUT2D eigenvalue weighted by molar-refractivity contribution is 6.01. The molecule has 2 unspecified atom stereocenters. The molecular formula is C26H44N9O5+. The second-order valence-electron chi connectivity index (χ2n) is 10.4. The number of unbranched alkanes of at least 4 members (excludes halogenated alkanes) is 2. The van der Waals surface area contributed by atoms with E-state index in [2.05, 4.69) is 26.1 Å². The minimum Gasteiger partial charge on any atom is -0.352 e. The van der Waals surface area contributed by atoms with Crippen molar-refractivity contribution in [1.29, 1.82) is 0 Å². The molecule has 0 saturated carbocycles. The number of nitrogens with one attached hydrogen (secondary N) is 2. The first-order chi connectivity index (χ1) is 18.9. The van der Waals surface area contributed by atoms with Crippen LogP contribution in [-0.4, -0.2) is 82.5 Å². The molecule has 0 aromatic heterocycles. The van der Waals surface area contributed by atoms with Gasteiger partial charge in [0.2, 0.25) is 29.3 Å². The normalized spacial score (nSPS) is 18.2. The van der Waals surface area contributed by atoms with Crippen molar-refractivity contribution in [3.63, 3.8) is 0 Å². The molecule has 4 N–H and O–H groups in total. The summed E-state index contributed by atoms with van der Waals surface area (Å²) < 4.78 is 0. The van der Waals surface area contributed by atoms with Gasteiger partial charge in [0.15, 0.2) is 11.4 Å². The van der Waals surface area contributed by atoms with E-state index >= 15 is 0 Å². The molecule has 0 aliphatic carbocycles. The van der Waals surface area contributed by atoms with Gasteiger partial charge in [0.25, 0.3) is 0 Å². The summed E-state index contributed by atoms with van der Waals surface area (Å²) in [4.78, 5) is 64.5. The Balaban J connectivity index is 1.92. The van der Waals surface area contributed by atoms with Crippen LogP contribution >= 0.6 is 0 Å². The minimum absolute atomic E-state index is 0.0198. The zero-order valence-corrected chi connectivity index (χ0v) is 24.3. The van der Waals surface area contributed by atoms with Crippen molar-refractivity contribution in [3.05, 3.63) is 11.9 Å². The van der Waals surface area contributed by atoms with Gasteiger partial charge in [-0.05, 0) is 43.3 Å². The third-order valence-electron chi connectivity index (χ3n) is 7.42. The number of imide groups is 1. The second-order valence-corrected chi connectivity index (χ2v) is 10.4. The molecule has 1 saturated heterocycles. The van der Waals surface area contributed by atoms with Crippen LogP contribution in [0, 0.1) is 5.92 Å². The molecule has 14 heteroatoms. The third-order valence-corrected chi connectivity index (χ3v) is 7.42.